The van der Waals surface area contributed by atoms with Crippen molar-refractivity contribution in [1.29, 1.82) is 0 Å². The van der Waals surface area contributed by atoms with Crippen LogP contribution in [0.4, 0.5) is 10.5 Å². The van der Waals surface area contributed by atoms with Gasteiger partial charge in [0.1, 0.15) is 0 Å². The first kappa shape index (κ1) is 14.5. The molecule has 6 heteroatoms. The van der Waals surface area contributed by atoms with E-state index in [1.807, 2.05) is 4.90 Å². The summed E-state index contributed by atoms with van der Waals surface area (Å²) in [6, 6.07) is 5.25. The molecule has 1 aliphatic heterocycles. The van der Waals surface area contributed by atoms with Gasteiger partial charge in [-0.1, -0.05) is 0 Å². The maximum atomic E-state index is 12.2. The van der Waals surface area contributed by atoms with Crippen LogP contribution in [-0.4, -0.2) is 51.3 Å². The molecular formula is C14H21N3O3. The predicted molar refractivity (Wildman–Crippen MR) is 77.6 cm³/mol. The van der Waals surface area contributed by atoms with Gasteiger partial charge in [0.05, 0.1) is 14.2 Å². The molecule has 110 valence electrons. The molecular weight excluding hydrogens is 258 g/mol. The molecule has 2 rings (SSSR count). The summed E-state index contributed by atoms with van der Waals surface area (Å²) in [5.41, 5.74) is 0.699. The standard InChI is InChI=1S/C14H21N3O3/c1-19-12-5-4-11(10-13(12)20-2)16-14(18)17-8-3-6-15-7-9-17/h4-5,10,15H,3,6-9H2,1-2H3,(H,16,18). The van der Waals surface area contributed by atoms with Crippen molar-refractivity contribution in [3.8, 4) is 11.5 Å². The number of carbonyl (C=O) groups is 1. The number of amides is 2. The Morgan fingerprint density at radius 1 is 1.20 bits per heavy atom. The van der Waals surface area contributed by atoms with Gasteiger partial charge in [0.15, 0.2) is 11.5 Å². The first-order chi connectivity index (χ1) is 9.74. The Bertz CT molecular complexity index is 457. The van der Waals surface area contributed by atoms with Crippen molar-refractivity contribution in [2.24, 2.45) is 0 Å². The number of rotatable bonds is 3. The van der Waals surface area contributed by atoms with E-state index in [1.54, 1.807) is 32.4 Å². The number of urea groups is 1. The lowest BCUT2D eigenvalue weighted by Gasteiger charge is -2.20. The summed E-state index contributed by atoms with van der Waals surface area (Å²) in [5, 5.41) is 6.16. The van der Waals surface area contributed by atoms with E-state index >= 15 is 0 Å². The fraction of sp³-hybridized carbons (Fsp3) is 0.500. The first-order valence-electron chi connectivity index (χ1n) is 6.73. The predicted octanol–water partition coefficient (Wildman–Crippen LogP) is 1.53. The van der Waals surface area contributed by atoms with Crippen LogP contribution in [-0.2, 0) is 0 Å². The molecule has 6 nitrogen and oxygen atoms in total. The zero-order chi connectivity index (χ0) is 14.4. The quantitative estimate of drug-likeness (QED) is 0.881. The van der Waals surface area contributed by atoms with Crippen molar-refractivity contribution in [2.75, 3.05) is 45.7 Å². The average molecular weight is 279 g/mol. The Morgan fingerprint density at radius 2 is 2.00 bits per heavy atom. The first-order valence-corrected chi connectivity index (χ1v) is 6.73. The third-order valence-corrected chi connectivity index (χ3v) is 3.26. The van der Waals surface area contributed by atoms with Crippen LogP contribution in [0.25, 0.3) is 0 Å². The number of benzene rings is 1. The van der Waals surface area contributed by atoms with E-state index in [0.717, 1.165) is 32.6 Å². The molecule has 1 saturated heterocycles. The molecule has 1 aromatic rings. The Morgan fingerprint density at radius 3 is 2.75 bits per heavy atom. The van der Waals surface area contributed by atoms with Gasteiger partial charge < -0.3 is 25.0 Å². The second kappa shape index (κ2) is 7.00. The molecule has 0 atom stereocenters. The van der Waals surface area contributed by atoms with E-state index in [1.165, 1.54) is 0 Å². The molecule has 1 fully saturated rings. The van der Waals surface area contributed by atoms with Crippen LogP contribution in [0.5, 0.6) is 11.5 Å². The second-order valence-electron chi connectivity index (χ2n) is 4.59. The van der Waals surface area contributed by atoms with Gasteiger partial charge in [-0.2, -0.15) is 0 Å². The van der Waals surface area contributed by atoms with Crippen LogP contribution in [0.3, 0.4) is 0 Å². The second-order valence-corrected chi connectivity index (χ2v) is 4.59. The molecule has 1 aliphatic rings. The molecule has 0 aromatic heterocycles. The number of methoxy groups -OCH3 is 2. The Hall–Kier alpha value is -1.95. The minimum absolute atomic E-state index is 0.0825. The van der Waals surface area contributed by atoms with E-state index in [9.17, 15) is 4.79 Å². The van der Waals surface area contributed by atoms with Gasteiger partial charge in [-0.25, -0.2) is 4.79 Å². The number of nitrogens with one attached hydrogen (secondary N) is 2. The lowest BCUT2D eigenvalue weighted by Crippen LogP contribution is -2.37. The molecule has 0 unspecified atom stereocenters. The topological polar surface area (TPSA) is 62.8 Å². The highest BCUT2D eigenvalue weighted by atomic mass is 16.5. The zero-order valence-electron chi connectivity index (χ0n) is 11.9. The van der Waals surface area contributed by atoms with Crippen molar-refractivity contribution in [1.82, 2.24) is 10.2 Å². The van der Waals surface area contributed by atoms with Gasteiger partial charge in [0.25, 0.3) is 0 Å². The SMILES string of the molecule is COc1ccc(NC(=O)N2CCCNCC2)cc1OC. The monoisotopic (exact) mass is 279 g/mol. The third-order valence-electron chi connectivity index (χ3n) is 3.26. The number of anilines is 1. The van der Waals surface area contributed by atoms with Crippen molar-refractivity contribution >= 4 is 11.7 Å². The molecule has 0 radical (unpaired) electrons. The fourth-order valence-corrected chi connectivity index (χ4v) is 2.17. The van der Waals surface area contributed by atoms with Gasteiger partial charge in [-0.05, 0) is 25.1 Å². The number of nitrogens with zero attached hydrogens (tertiary/aromatic N) is 1. The van der Waals surface area contributed by atoms with Crippen molar-refractivity contribution in [2.45, 2.75) is 6.42 Å². The van der Waals surface area contributed by atoms with Crippen molar-refractivity contribution in [3.05, 3.63) is 18.2 Å². The lowest BCUT2D eigenvalue weighted by molar-refractivity contribution is 0.215. The minimum Gasteiger partial charge on any atom is -0.493 e. The molecule has 0 spiro atoms. The molecule has 0 bridgehead atoms. The zero-order valence-corrected chi connectivity index (χ0v) is 11.9. The highest BCUT2D eigenvalue weighted by Gasteiger charge is 2.15. The summed E-state index contributed by atoms with van der Waals surface area (Å²) in [4.78, 5) is 14.0. The molecule has 1 aromatic carbocycles. The van der Waals surface area contributed by atoms with E-state index in [4.69, 9.17) is 9.47 Å². The van der Waals surface area contributed by atoms with Gasteiger partial charge in [0.2, 0.25) is 0 Å². The summed E-state index contributed by atoms with van der Waals surface area (Å²) < 4.78 is 10.4. The van der Waals surface area contributed by atoms with Crippen LogP contribution in [0.1, 0.15) is 6.42 Å². The van der Waals surface area contributed by atoms with E-state index in [2.05, 4.69) is 10.6 Å². The van der Waals surface area contributed by atoms with E-state index in [-0.39, 0.29) is 6.03 Å². The van der Waals surface area contributed by atoms with Gasteiger partial charge in [-0.15, -0.1) is 0 Å². The number of ether oxygens (including phenoxy) is 2. The number of hydrogen-bond donors (Lipinski definition) is 2. The molecule has 0 aliphatic carbocycles. The van der Waals surface area contributed by atoms with E-state index < -0.39 is 0 Å². The summed E-state index contributed by atoms with van der Waals surface area (Å²) in [5.74, 6) is 1.24. The highest BCUT2D eigenvalue weighted by molar-refractivity contribution is 5.89. The maximum Gasteiger partial charge on any atom is 0.321 e. The molecule has 1 heterocycles. The van der Waals surface area contributed by atoms with Crippen molar-refractivity contribution < 1.29 is 14.3 Å². The van der Waals surface area contributed by atoms with Crippen LogP contribution < -0.4 is 20.1 Å². The van der Waals surface area contributed by atoms with Crippen molar-refractivity contribution in [3.63, 3.8) is 0 Å². The molecule has 0 saturated carbocycles. The van der Waals surface area contributed by atoms with Gasteiger partial charge >= 0.3 is 6.03 Å². The van der Waals surface area contributed by atoms with Crippen LogP contribution in [0.15, 0.2) is 18.2 Å². The lowest BCUT2D eigenvalue weighted by atomic mass is 10.2. The fourth-order valence-electron chi connectivity index (χ4n) is 2.17. The van der Waals surface area contributed by atoms with Crippen LogP contribution in [0, 0.1) is 0 Å². The normalized spacial score (nSPS) is 15.4. The largest absolute Gasteiger partial charge is 0.493 e. The Labute approximate surface area is 119 Å². The molecule has 20 heavy (non-hydrogen) atoms. The smallest absolute Gasteiger partial charge is 0.321 e. The Kier molecular flexibility index (Phi) is 5.06. The maximum absolute atomic E-state index is 12.2. The summed E-state index contributed by atoms with van der Waals surface area (Å²) >= 11 is 0. The average Bonchev–Trinajstić information content (AvgIpc) is 2.76. The summed E-state index contributed by atoms with van der Waals surface area (Å²) in [6.45, 7) is 3.28. The van der Waals surface area contributed by atoms with Gasteiger partial charge in [-0.3, -0.25) is 0 Å². The van der Waals surface area contributed by atoms with Crippen LogP contribution in [0.2, 0.25) is 0 Å². The molecule has 2 amide bonds. The van der Waals surface area contributed by atoms with Gasteiger partial charge in [0, 0.05) is 31.4 Å². The summed E-state index contributed by atoms with van der Waals surface area (Å²) in [6.07, 6.45) is 0.972. The number of hydrogen-bond acceptors (Lipinski definition) is 4. The molecule has 2 N–H and O–H groups in total. The Balaban J connectivity index is 2.03. The summed E-state index contributed by atoms with van der Waals surface area (Å²) in [7, 11) is 3.16. The highest BCUT2D eigenvalue weighted by Crippen LogP contribution is 2.29. The van der Waals surface area contributed by atoms with E-state index in [0.29, 0.717) is 17.2 Å². The third kappa shape index (κ3) is 3.54. The minimum atomic E-state index is -0.0825. The number of carbonyl (C=O) groups excluding carboxylic acids is 1. The van der Waals surface area contributed by atoms with Crippen LogP contribution >= 0.6 is 0 Å².